The molecule has 2 aliphatic rings. The van der Waals surface area contributed by atoms with Crippen molar-refractivity contribution < 1.29 is 14.6 Å². The molecule has 0 aromatic heterocycles. The van der Waals surface area contributed by atoms with Gasteiger partial charge in [0.2, 0.25) is 0 Å². The SMILES string of the molecule is CC1CC(O)(Cc2cc(Br)cc3c2OCC3)CCO1. The summed E-state index contributed by atoms with van der Waals surface area (Å²) >= 11 is 3.55. The van der Waals surface area contributed by atoms with Crippen LogP contribution in [0.15, 0.2) is 16.6 Å². The molecule has 1 fully saturated rings. The lowest BCUT2D eigenvalue weighted by atomic mass is 9.84. The van der Waals surface area contributed by atoms with Crippen molar-refractivity contribution in [2.45, 2.75) is 44.3 Å². The fourth-order valence-electron chi connectivity index (χ4n) is 3.14. The molecule has 1 saturated heterocycles. The number of benzene rings is 1. The van der Waals surface area contributed by atoms with Gasteiger partial charge in [-0.05, 0) is 36.6 Å². The van der Waals surface area contributed by atoms with Gasteiger partial charge in [-0.2, -0.15) is 0 Å². The summed E-state index contributed by atoms with van der Waals surface area (Å²) in [5.41, 5.74) is 1.68. The third kappa shape index (κ3) is 2.81. The maximum atomic E-state index is 10.8. The van der Waals surface area contributed by atoms with Crippen molar-refractivity contribution in [1.29, 1.82) is 0 Å². The van der Waals surface area contributed by atoms with E-state index in [1.54, 1.807) is 0 Å². The first kappa shape index (κ1) is 13.4. The van der Waals surface area contributed by atoms with Gasteiger partial charge in [-0.1, -0.05) is 15.9 Å². The highest BCUT2D eigenvalue weighted by Gasteiger charge is 2.35. The largest absolute Gasteiger partial charge is 0.493 e. The smallest absolute Gasteiger partial charge is 0.125 e. The van der Waals surface area contributed by atoms with Crippen LogP contribution in [0.2, 0.25) is 0 Å². The van der Waals surface area contributed by atoms with Crippen molar-refractivity contribution in [2.24, 2.45) is 0 Å². The molecule has 0 aliphatic carbocycles. The van der Waals surface area contributed by atoms with Crippen molar-refractivity contribution in [1.82, 2.24) is 0 Å². The van der Waals surface area contributed by atoms with Crippen LogP contribution >= 0.6 is 15.9 Å². The predicted molar refractivity (Wildman–Crippen MR) is 76.6 cm³/mol. The lowest BCUT2D eigenvalue weighted by Crippen LogP contribution is -2.41. The van der Waals surface area contributed by atoms with E-state index in [9.17, 15) is 5.11 Å². The summed E-state index contributed by atoms with van der Waals surface area (Å²) in [4.78, 5) is 0. The Kier molecular flexibility index (Phi) is 3.58. The number of aliphatic hydroxyl groups is 1. The zero-order valence-corrected chi connectivity index (χ0v) is 12.7. The molecule has 4 heteroatoms. The van der Waals surface area contributed by atoms with Gasteiger partial charge in [0.15, 0.2) is 0 Å². The second-order valence-corrected chi connectivity index (χ2v) is 6.60. The van der Waals surface area contributed by atoms with Crippen LogP contribution in [0.3, 0.4) is 0 Å². The predicted octanol–water partition coefficient (Wildman–Crippen LogP) is 2.86. The van der Waals surface area contributed by atoms with Gasteiger partial charge in [0.1, 0.15) is 5.75 Å². The van der Waals surface area contributed by atoms with E-state index in [1.165, 1.54) is 5.56 Å². The quantitative estimate of drug-likeness (QED) is 0.908. The number of hydrogen-bond donors (Lipinski definition) is 1. The van der Waals surface area contributed by atoms with Gasteiger partial charge < -0.3 is 14.6 Å². The molecule has 1 aromatic rings. The molecule has 0 radical (unpaired) electrons. The molecule has 1 aromatic carbocycles. The van der Waals surface area contributed by atoms with Crippen molar-refractivity contribution >= 4 is 15.9 Å². The molecule has 2 aliphatic heterocycles. The van der Waals surface area contributed by atoms with Crippen LogP contribution in [0, 0.1) is 0 Å². The number of rotatable bonds is 2. The highest BCUT2D eigenvalue weighted by molar-refractivity contribution is 9.10. The van der Waals surface area contributed by atoms with E-state index in [4.69, 9.17) is 9.47 Å². The van der Waals surface area contributed by atoms with Gasteiger partial charge in [0, 0.05) is 30.3 Å². The van der Waals surface area contributed by atoms with Gasteiger partial charge in [0.05, 0.1) is 18.3 Å². The van der Waals surface area contributed by atoms with E-state index in [0.717, 1.165) is 28.8 Å². The second kappa shape index (κ2) is 5.08. The van der Waals surface area contributed by atoms with Gasteiger partial charge in [-0.15, -0.1) is 0 Å². The van der Waals surface area contributed by atoms with Crippen LogP contribution < -0.4 is 4.74 Å². The summed E-state index contributed by atoms with van der Waals surface area (Å²) in [6.07, 6.45) is 3.11. The maximum absolute atomic E-state index is 10.8. The van der Waals surface area contributed by atoms with Crippen molar-refractivity contribution in [3.63, 3.8) is 0 Å². The van der Waals surface area contributed by atoms with Crippen LogP contribution in [-0.4, -0.2) is 30.0 Å². The minimum absolute atomic E-state index is 0.125. The highest BCUT2D eigenvalue weighted by atomic mass is 79.9. The van der Waals surface area contributed by atoms with E-state index in [0.29, 0.717) is 25.9 Å². The first-order chi connectivity index (χ1) is 9.06. The Morgan fingerprint density at radius 1 is 1.42 bits per heavy atom. The molecule has 3 rings (SSSR count). The summed E-state index contributed by atoms with van der Waals surface area (Å²) in [5, 5.41) is 10.8. The van der Waals surface area contributed by atoms with E-state index < -0.39 is 5.60 Å². The fraction of sp³-hybridized carbons (Fsp3) is 0.600. The lowest BCUT2D eigenvalue weighted by Gasteiger charge is -2.36. The molecule has 2 atom stereocenters. The van der Waals surface area contributed by atoms with E-state index >= 15 is 0 Å². The summed E-state index contributed by atoms with van der Waals surface area (Å²) in [6, 6.07) is 4.19. The van der Waals surface area contributed by atoms with Crippen LogP contribution in [0.1, 0.15) is 30.9 Å². The zero-order chi connectivity index (χ0) is 13.5. The molecule has 0 amide bonds. The van der Waals surface area contributed by atoms with Gasteiger partial charge in [0.25, 0.3) is 0 Å². The topological polar surface area (TPSA) is 38.7 Å². The number of fused-ring (bicyclic) bond motifs is 1. The Bertz CT molecular complexity index is 489. The van der Waals surface area contributed by atoms with Crippen LogP contribution in [0.5, 0.6) is 5.75 Å². The molecule has 0 saturated carbocycles. The Morgan fingerprint density at radius 2 is 2.26 bits per heavy atom. The minimum atomic E-state index is -0.668. The van der Waals surface area contributed by atoms with Gasteiger partial charge >= 0.3 is 0 Å². The first-order valence-electron chi connectivity index (χ1n) is 6.84. The molecule has 0 bridgehead atoms. The Balaban J connectivity index is 1.87. The molecular weight excluding hydrogens is 308 g/mol. The summed E-state index contributed by atoms with van der Waals surface area (Å²) in [7, 11) is 0. The average molecular weight is 327 g/mol. The summed E-state index contributed by atoms with van der Waals surface area (Å²) < 4.78 is 12.3. The molecule has 3 nitrogen and oxygen atoms in total. The molecule has 2 heterocycles. The molecule has 0 spiro atoms. The highest BCUT2D eigenvalue weighted by Crippen LogP contribution is 2.37. The first-order valence-corrected chi connectivity index (χ1v) is 7.63. The molecular formula is C15H19BrO3. The summed E-state index contributed by atoms with van der Waals surface area (Å²) in [6.45, 7) is 3.40. The van der Waals surface area contributed by atoms with Crippen LogP contribution in [0.4, 0.5) is 0 Å². The van der Waals surface area contributed by atoms with Crippen molar-refractivity contribution in [3.8, 4) is 5.75 Å². The van der Waals surface area contributed by atoms with Crippen LogP contribution in [-0.2, 0) is 17.6 Å². The standard InChI is InChI=1S/C15H19BrO3/c1-10-8-15(17,3-5-18-10)9-12-7-13(16)6-11-2-4-19-14(11)12/h6-7,10,17H,2-5,8-9H2,1H3. The Hall–Kier alpha value is -0.580. The maximum Gasteiger partial charge on any atom is 0.125 e. The van der Waals surface area contributed by atoms with Gasteiger partial charge in [-0.3, -0.25) is 0 Å². The number of halogens is 1. The van der Waals surface area contributed by atoms with Crippen molar-refractivity contribution in [3.05, 3.63) is 27.7 Å². The number of hydrogen-bond acceptors (Lipinski definition) is 3. The Labute approximate surface area is 122 Å². The number of ether oxygens (including phenoxy) is 2. The van der Waals surface area contributed by atoms with E-state index in [2.05, 4.69) is 28.1 Å². The van der Waals surface area contributed by atoms with E-state index in [-0.39, 0.29) is 6.10 Å². The Morgan fingerprint density at radius 3 is 3.05 bits per heavy atom. The monoisotopic (exact) mass is 326 g/mol. The molecule has 104 valence electrons. The normalized spacial score (nSPS) is 29.9. The average Bonchev–Trinajstić information content (AvgIpc) is 2.75. The van der Waals surface area contributed by atoms with Gasteiger partial charge in [-0.25, -0.2) is 0 Å². The summed E-state index contributed by atoms with van der Waals surface area (Å²) in [5.74, 6) is 0.982. The minimum Gasteiger partial charge on any atom is -0.493 e. The van der Waals surface area contributed by atoms with Crippen molar-refractivity contribution in [2.75, 3.05) is 13.2 Å². The molecule has 1 N–H and O–H groups in total. The van der Waals surface area contributed by atoms with Crippen LogP contribution in [0.25, 0.3) is 0 Å². The zero-order valence-electron chi connectivity index (χ0n) is 11.1. The second-order valence-electron chi connectivity index (χ2n) is 5.69. The fourth-order valence-corrected chi connectivity index (χ4v) is 3.69. The third-order valence-corrected chi connectivity index (χ3v) is 4.44. The molecule has 2 unspecified atom stereocenters. The molecule has 19 heavy (non-hydrogen) atoms. The third-order valence-electron chi connectivity index (χ3n) is 3.98. The lowest BCUT2D eigenvalue weighted by molar-refractivity contribution is -0.0962. The van der Waals surface area contributed by atoms with E-state index in [1.807, 2.05) is 6.92 Å².